The van der Waals surface area contributed by atoms with Crippen molar-refractivity contribution in [3.05, 3.63) is 35.8 Å². The van der Waals surface area contributed by atoms with Gasteiger partial charge in [0.05, 0.1) is 12.3 Å². The minimum atomic E-state index is -4.35. The van der Waals surface area contributed by atoms with Gasteiger partial charge in [-0.3, -0.25) is 9.48 Å². The SMILES string of the molecule is CC(C)(F)CC(=O)Nc1nn2c(c1-c1ccc(F)cc1)CC(C(F)(F)F)CC2. The Kier molecular flexibility index (Phi) is 5.20. The fourth-order valence-corrected chi connectivity index (χ4v) is 3.35. The molecule has 0 radical (unpaired) electrons. The molecule has 9 heteroatoms. The average molecular weight is 401 g/mol. The molecule has 0 saturated heterocycles. The number of aryl methyl sites for hydroxylation is 1. The number of nitrogens with zero attached hydrogens (tertiary/aromatic N) is 2. The number of amides is 1. The summed E-state index contributed by atoms with van der Waals surface area (Å²) in [5, 5.41) is 6.74. The first-order valence-electron chi connectivity index (χ1n) is 8.85. The number of carbonyl (C=O) groups is 1. The van der Waals surface area contributed by atoms with E-state index in [1.807, 2.05) is 0 Å². The number of halogens is 5. The van der Waals surface area contributed by atoms with Gasteiger partial charge in [0.2, 0.25) is 5.91 Å². The number of hydrogen-bond acceptors (Lipinski definition) is 2. The monoisotopic (exact) mass is 401 g/mol. The van der Waals surface area contributed by atoms with E-state index in [1.54, 1.807) is 0 Å². The summed E-state index contributed by atoms with van der Waals surface area (Å²) in [5.74, 6) is -2.61. The maximum absolute atomic E-state index is 13.8. The van der Waals surface area contributed by atoms with Gasteiger partial charge in [-0.25, -0.2) is 8.78 Å². The van der Waals surface area contributed by atoms with Gasteiger partial charge in [-0.1, -0.05) is 12.1 Å². The fraction of sp³-hybridized carbons (Fsp3) is 0.474. The lowest BCUT2D eigenvalue weighted by Gasteiger charge is -2.26. The van der Waals surface area contributed by atoms with E-state index in [2.05, 4.69) is 10.4 Å². The van der Waals surface area contributed by atoms with Gasteiger partial charge in [-0.2, -0.15) is 18.3 Å². The minimum Gasteiger partial charge on any atom is -0.309 e. The van der Waals surface area contributed by atoms with Gasteiger partial charge >= 0.3 is 6.18 Å². The highest BCUT2D eigenvalue weighted by Crippen LogP contribution is 2.41. The summed E-state index contributed by atoms with van der Waals surface area (Å²) in [7, 11) is 0. The molecular weight excluding hydrogens is 381 g/mol. The molecule has 2 aromatic rings. The van der Waals surface area contributed by atoms with Crippen LogP contribution >= 0.6 is 0 Å². The number of hydrogen-bond donors (Lipinski definition) is 1. The van der Waals surface area contributed by atoms with Crippen molar-refractivity contribution < 1.29 is 26.7 Å². The van der Waals surface area contributed by atoms with E-state index >= 15 is 0 Å². The Bertz CT molecular complexity index is 865. The van der Waals surface area contributed by atoms with E-state index < -0.39 is 35.9 Å². The minimum absolute atomic E-state index is 0.0399. The van der Waals surface area contributed by atoms with Crippen LogP contribution in [0, 0.1) is 11.7 Å². The zero-order valence-corrected chi connectivity index (χ0v) is 15.4. The third-order valence-corrected chi connectivity index (χ3v) is 4.62. The molecule has 0 bridgehead atoms. The van der Waals surface area contributed by atoms with Crippen LogP contribution in [0.5, 0.6) is 0 Å². The van der Waals surface area contributed by atoms with Gasteiger partial charge in [0.25, 0.3) is 0 Å². The average Bonchev–Trinajstić information content (AvgIpc) is 2.89. The second-order valence-electron chi connectivity index (χ2n) is 7.58. The van der Waals surface area contributed by atoms with Gasteiger partial charge in [-0.05, 0) is 38.0 Å². The fourth-order valence-electron chi connectivity index (χ4n) is 3.35. The van der Waals surface area contributed by atoms with E-state index in [0.717, 1.165) is 0 Å². The van der Waals surface area contributed by atoms with Crippen molar-refractivity contribution in [1.82, 2.24) is 9.78 Å². The number of nitrogens with one attached hydrogen (secondary N) is 1. The van der Waals surface area contributed by atoms with Crippen LogP contribution in [-0.2, 0) is 17.8 Å². The summed E-state index contributed by atoms with van der Waals surface area (Å²) in [5.41, 5.74) is -0.699. The molecule has 1 unspecified atom stereocenters. The van der Waals surface area contributed by atoms with Crippen LogP contribution in [0.1, 0.15) is 32.4 Å². The standard InChI is InChI=1S/C19H20F5N3O/c1-18(2,21)10-15(28)25-17-16(11-3-5-13(20)6-4-11)14-9-12(19(22,23)24)7-8-27(14)26-17/h3-6,12H,7-10H2,1-2H3,(H,25,26,28). The molecule has 1 amide bonds. The third-order valence-electron chi connectivity index (χ3n) is 4.62. The summed E-state index contributed by atoms with van der Waals surface area (Å²) < 4.78 is 68.2. The van der Waals surface area contributed by atoms with Crippen molar-refractivity contribution in [3.63, 3.8) is 0 Å². The second kappa shape index (κ2) is 7.18. The molecule has 1 aliphatic heterocycles. The number of fused-ring (bicyclic) bond motifs is 1. The van der Waals surface area contributed by atoms with Gasteiger partial charge in [0.1, 0.15) is 11.5 Å². The number of rotatable bonds is 4. The Morgan fingerprint density at radius 1 is 1.21 bits per heavy atom. The van der Waals surface area contributed by atoms with Crippen LogP contribution in [0.4, 0.5) is 27.8 Å². The Morgan fingerprint density at radius 3 is 2.43 bits per heavy atom. The molecule has 4 nitrogen and oxygen atoms in total. The van der Waals surface area contributed by atoms with E-state index in [1.165, 1.54) is 42.8 Å². The summed E-state index contributed by atoms with van der Waals surface area (Å²) in [6.07, 6.45) is -5.19. The number of carbonyl (C=O) groups excluding carboxylic acids is 1. The lowest BCUT2D eigenvalue weighted by atomic mass is 9.91. The first kappa shape index (κ1) is 20.3. The van der Waals surface area contributed by atoms with Crippen molar-refractivity contribution >= 4 is 11.7 Å². The molecule has 0 saturated carbocycles. The molecule has 0 fully saturated rings. The lowest BCUT2D eigenvalue weighted by molar-refractivity contribution is -0.179. The summed E-state index contributed by atoms with van der Waals surface area (Å²) >= 11 is 0. The topological polar surface area (TPSA) is 46.9 Å². The largest absolute Gasteiger partial charge is 0.392 e. The summed E-state index contributed by atoms with van der Waals surface area (Å²) in [6, 6.07) is 5.19. The van der Waals surface area contributed by atoms with Crippen molar-refractivity contribution in [2.75, 3.05) is 5.32 Å². The Labute approximate surface area is 158 Å². The van der Waals surface area contributed by atoms with Crippen LogP contribution in [0.3, 0.4) is 0 Å². The smallest absolute Gasteiger partial charge is 0.309 e. The molecule has 0 aliphatic carbocycles. The molecule has 0 spiro atoms. The number of alkyl halides is 4. The van der Waals surface area contributed by atoms with Gasteiger partial charge in [0, 0.05) is 24.2 Å². The molecule has 1 atom stereocenters. The molecule has 28 heavy (non-hydrogen) atoms. The molecule has 1 N–H and O–H groups in total. The number of aromatic nitrogens is 2. The quantitative estimate of drug-likeness (QED) is 0.742. The van der Waals surface area contributed by atoms with Crippen LogP contribution in [0.15, 0.2) is 24.3 Å². The van der Waals surface area contributed by atoms with Crippen molar-refractivity contribution in [2.24, 2.45) is 5.92 Å². The van der Waals surface area contributed by atoms with E-state index in [-0.39, 0.29) is 25.2 Å². The van der Waals surface area contributed by atoms with E-state index in [0.29, 0.717) is 16.8 Å². The summed E-state index contributed by atoms with van der Waals surface area (Å²) in [6.45, 7) is 2.54. The normalized spacial score (nSPS) is 17.3. The maximum Gasteiger partial charge on any atom is 0.392 e. The van der Waals surface area contributed by atoms with E-state index in [4.69, 9.17) is 0 Å². The zero-order valence-electron chi connectivity index (χ0n) is 15.4. The Hall–Kier alpha value is -2.45. The first-order chi connectivity index (χ1) is 12.9. The Balaban J connectivity index is 2.02. The van der Waals surface area contributed by atoms with Crippen molar-refractivity contribution in [2.45, 2.75) is 51.5 Å². The van der Waals surface area contributed by atoms with Crippen LogP contribution in [0.2, 0.25) is 0 Å². The highest BCUT2D eigenvalue weighted by Gasteiger charge is 2.43. The van der Waals surface area contributed by atoms with E-state index in [9.17, 15) is 26.7 Å². The number of benzene rings is 1. The molecule has 2 heterocycles. The molecule has 3 rings (SSSR count). The van der Waals surface area contributed by atoms with Crippen LogP contribution < -0.4 is 5.32 Å². The second-order valence-corrected chi connectivity index (χ2v) is 7.58. The predicted octanol–water partition coefficient (Wildman–Crippen LogP) is 4.89. The van der Waals surface area contributed by atoms with Gasteiger partial charge in [0.15, 0.2) is 5.82 Å². The van der Waals surface area contributed by atoms with Gasteiger partial charge < -0.3 is 5.32 Å². The highest BCUT2D eigenvalue weighted by atomic mass is 19.4. The maximum atomic E-state index is 13.8. The van der Waals surface area contributed by atoms with Crippen LogP contribution in [-0.4, -0.2) is 27.5 Å². The predicted molar refractivity (Wildman–Crippen MR) is 93.9 cm³/mol. The van der Waals surface area contributed by atoms with Crippen molar-refractivity contribution in [3.8, 4) is 11.1 Å². The Morgan fingerprint density at radius 2 is 1.86 bits per heavy atom. The zero-order chi connectivity index (χ0) is 20.7. The number of anilines is 1. The molecule has 1 aromatic carbocycles. The van der Waals surface area contributed by atoms with Gasteiger partial charge in [-0.15, -0.1) is 0 Å². The third kappa shape index (κ3) is 4.51. The van der Waals surface area contributed by atoms with Crippen LogP contribution in [0.25, 0.3) is 11.1 Å². The first-order valence-corrected chi connectivity index (χ1v) is 8.85. The molecule has 1 aromatic heterocycles. The lowest BCUT2D eigenvalue weighted by Crippen LogP contribution is -2.31. The van der Waals surface area contributed by atoms with Crippen molar-refractivity contribution in [1.29, 1.82) is 0 Å². The highest BCUT2D eigenvalue weighted by molar-refractivity contribution is 5.95. The molecule has 152 valence electrons. The summed E-state index contributed by atoms with van der Waals surface area (Å²) in [4.78, 5) is 12.2. The molecule has 1 aliphatic rings. The molecular formula is C19H20F5N3O.